The quantitative estimate of drug-likeness (QED) is 0.341. The minimum Gasteiger partial charge on any atom is -0.493 e. The summed E-state index contributed by atoms with van der Waals surface area (Å²) in [4.78, 5) is 39.1. The number of aromatic nitrogens is 3. The maximum absolute atomic E-state index is 14.2. The second kappa shape index (κ2) is 10.4. The zero-order chi connectivity index (χ0) is 27.9. The fraction of sp³-hybridized carbons (Fsp3) is 0.387. The number of methoxy groups -OCH3 is 1. The van der Waals surface area contributed by atoms with Crippen LogP contribution < -0.4 is 9.47 Å². The molecule has 40 heavy (non-hydrogen) atoms. The molecule has 0 saturated carbocycles. The third-order valence-corrected chi connectivity index (χ3v) is 8.27. The van der Waals surface area contributed by atoms with Crippen molar-refractivity contribution in [3.63, 3.8) is 0 Å². The first-order valence-corrected chi connectivity index (χ1v) is 13.9. The third kappa shape index (κ3) is 4.20. The van der Waals surface area contributed by atoms with Crippen molar-refractivity contribution in [2.45, 2.75) is 44.7 Å². The topological polar surface area (TPSA) is 92.7 Å². The average Bonchev–Trinajstić information content (AvgIpc) is 3.63. The van der Waals surface area contributed by atoms with Gasteiger partial charge in [0.05, 0.1) is 32.3 Å². The summed E-state index contributed by atoms with van der Waals surface area (Å²) in [6, 6.07) is 14.1. The van der Waals surface area contributed by atoms with Crippen LogP contribution in [0, 0.1) is 0 Å². The van der Waals surface area contributed by atoms with Crippen molar-refractivity contribution in [2.75, 3.05) is 33.4 Å². The number of aryl methyl sites for hydroxylation is 1. The minimum absolute atomic E-state index is 0.0473. The summed E-state index contributed by atoms with van der Waals surface area (Å²) >= 11 is 0. The van der Waals surface area contributed by atoms with Crippen molar-refractivity contribution in [3.05, 3.63) is 78.0 Å². The lowest BCUT2D eigenvalue weighted by Crippen LogP contribution is -2.67. The Morgan fingerprint density at radius 1 is 1.12 bits per heavy atom. The van der Waals surface area contributed by atoms with E-state index in [1.807, 2.05) is 54.1 Å². The Hall–Kier alpha value is -4.27. The van der Waals surface area contributed by atoms with Crippen LogP contribution in [0.15, 0.2) is 61.2 Å². The SMILES string of the molecule is CCCOc1ccc([C@@H]2CN3C(=O)CN(CCCn4ccnc4)C(=O)[C@]3(C)c3[nH]c4ccccc4c32)cc1OC. The van der Waals surface area contributed by atoms with E-state index in [2.05, 4.69) is 23.0 Å². The molecule has 1 saturated heterocycles. The number of aromatic amines is 1. The Balaban J connectivity index is 1.40. The molecule has 208 valence electrons. The van der Waals surface area contributed by atoms with Crippen molar-refractivity contribution in [3.8, 4) is 11.5 Å². The first-order chi connectivity index (χ1) is 19.5. The van der Waals surface area contributed by atoms with Crippen LogP contribution in [0.5, 0.6) is 11.5 Å². The van der Waals surface area contributed by atoms with E-state index in [1.54, 1.807) is 29.4 Å². The van der Waals surface area contributed by atoms with Crippen LogP contribution in [0.25, 0.3) is 10.9 Å². The van der Waals surface area contributed by atoms with Gasteiger partial charge in [0.1, 0.15) is 0 Å². The minimum atomic E-state index is -1.12. The van der Waals surface area contributed by atoms with Gasteiger partial charge >= 0.3 is 0 Å². The van der Waals surface area contributed by atoms with E-state index in [4.69, 9.17) is 9.47 Å². The Kier molecular flexibility index (Phi) is 6.73. The number of hydrogen-bond acceptors (Lipinski definition) is 5. The molecule has 2 aromatic carbocycles. The number of para-hydroxylation sites is 1. The van der Waals surface area contributed by atoms with E-state index in [9.17, 15) is 9.59 Å². The van der Waals surface area contributed by atoms with Crippen LogP contribution in [0.4, 0.5) is 0 Å². The van der Waals surface area contributed by atoms with Gasteiger partial charge in [0.15, 0.2) is 17.0 Å². The monoisotopic (exact) mass is 541 g/mol. The van der Waals surface area contributed by atoms with E-state index in [0.29, 0.717) is 31.2 Å². The Bertz CT molecular complexity index is 1540. The van der Waals surface area contributed by atoms with E-state index in [0.717, 1.165) is 47.1 Å². The zero-order valence-corrected chi connectivity index (χ0v) is 23.2. The molecular formula is C31H35N5O4. The number of carbonyl (C=O) groups is 2. The van der Waals surface area contributed by atoms with Gasteiger partial charge in [-0.25, -0.2) is 4.98 Å². The van der Waals surface area contributed by atoms with E-state index in [1.165, 1.54) is 0 Å². The molecule has 0 aliphatic carbocycles. The summed E-state index contributed by atoms with van der Waals surface area (Å²) in [6.07, 6.45) is 7.05. The molecule has 2 atom stereocenters. The lowest BCUT2D eigenvalue weighted by atomic mass is 9.76. The number of benzene rings is 2. The first-order valence-electron chi connectivity index (χ1n) is 13.9. The number of imidazole rings is 1. The van der Waals surface area contributed by atoms with Crippen LogP contribution in [0.3, 0.4) is 0 Å². The average molecular weight is 542 g/mol. The molecular weight excluding hydrogens is 506 g/mol. The molecule has 0 spiro atoms. The molecule has 2 amide bonds. The summed E-state index contributed by atoms with van der Waals surface area (Å²) in [5.74, 6) is 1.12. The summed E-state index contributed by atoms with van der Waals surface area (Å²) < 4.78 is 13.6. The predicted molar refractivity (Wildman–Crippen MR) is 151 cm³/mol. The molecule has 2 aliphatic heterocycles. The van der Waals surface area contributed by atoms with Crippen LogP contribution in [-0.2, 0) is 21.7 Å². The second-order valence-electron chi connectivity index (χ2n) is 10.7. The van der Waals surface area contributed by atoms with Gasteiger partial charge in [-0.05, 0) is 49.1 Å². The normalized spacial score (nSPS) is 20.5. The van der Waals surface area contributed by atoms with E-state index < -0.39 is 5.54 Å². The number of ether oxygens (including phenoxy) is 2. The molecule has 1 fully saturated rings. The van der Waals surface area contributed by atoms with Gasteiger partial charge in [-0.3, -0.25) is 9.59 Å². The number of piperazine rings is 1. The van der Waals surface area contributed by atoms with Crippen molar-refractivity contribution in [1.82, 2.24) is 24.3 Å². The van der Waals surface area contributed by atoms with Gasteiger partial charge in [-0.15, -0.1) is 0 Å². The molecule has 1 N–H and O–H groups in total. The molecule has 0 unspecified atom stereocenters. The Morgan fingerprint density at radius 3 is 2.75 bits per heavy atom. The van der Waals surface area contributed by atoms with Crippen LogP contribution in [-0.4, -0.2) is 69.5 Å². The molecule has 4 aromatic rings. The number of rotatable bonds is 9. The molecule has 2 aromatic heterocycles. The van der Waals surface area contributed by atoms with Crippen LogP contribution in [0.1, 0.15) is 49.4 Å². The number of carbonyl (C=O) groups excluding carboxylic acids is 2. The van der Waals surface area contributed by atoms with Crippen molar-refractivity contribution < 1.29 is 19.1 Å². The van der Waals surface area contributed by atoms with Crippen molar-refractivity contribution >= 4 is 22.7 Å². The smallest absolute Gasteiger partial charge is 0.254 e. The number of fused-ring (bicyclic) bond motifs is 5. The molecule has 9 heteroatoms. The summed E-state index contributed by atoms with van der Waals surface area (Å²) in [6.45, 7) is 6.27. The number of nitrogens with one attached hydrogen (secondary N) is 1. The highest BCUT2D eigenvalue weighted by atomic mass is 16.5. The molecule has 9 nitrogen and oxygen atoms in total. The Labute approximate surface area is 233 Å². The fourth-order valence-corrected chi connectivity index (χ4v) is 6.25. The highest BCUT2D eigenvalue weighted by Gasteiger charge is 2.56. The Morgan fingerprint density at radius 2 is 1.98 bits per heavy atom. The summed E-state index contributed by atoms with van der Waals surface area (Å²) in [5, 5.41) is 1.06. The molecule has 0 bridgehead atoms. The predicted octanol–water partition coefficient (Wildman–Crippen LogP) is 4.28. The largest absolute Gasteiger partial charge is 0.493 e. The standard InChI is InChI=1S/C31H35N5O4/c1-4-16-40-25-11-10-21(17-26(25)39-3)23-18-36-27(37)19-35(14-7-13-34-15-12-32-20-34)30(38)31(36,2)29-28(23)22-8-5-6-9-24(22)33-29/h5-6,8-12,15,17,20,23,33H,4,7,13-14,16,18-19H2,1-3H3/t23-,31-/m0/s1. The summed E-state index contributed by atoms with van der Waals surface area (Å²) in [5.41, 5.74) is 2.68. The van der Waals surface area contributed by atoms with Crippen molar-refractivity contribution in [1.29, 1.82) is 0 Å². The van der Waals surface area contributed by atoms with E-state index >= 15 is 0 Å². The number of nitrogens with zero attached hydrogens (tertiary/aromatic N) is 4. The molecule has 6 rings (SSSR count). The third-order valence-electron chi connectivity index (χ3n) is 8.27. The number of H-pyrrole nitrogens is 1. The van der Waals surface area contributed by atoms with Gasteiger partial charge in [0.2, 0.25) is 5.91 Å². The van der Waals surface area contributed by atoms with Crippen LogP contribution in [0.2, 0.25) is 0 Å². The highest BCUT2D eigenvalue weighted by molar-refractivity contribution is 6.01. The van der Waals surface area contributed by atoms with Gasteiger partial charge in [0.25, 0.3) is 5.91 Å². The second-order valence-corrected chi connectivity index (χ2v) is 10.7. The van der Waals surface area contributed by atoms with Gasteiger partial charge in [0, 0.05) is 48.8 Å². The maximum atomic E-state index is 14.2. The first kappa shape index (κ1) is 26.0. The maximum Gasteiger partial charge on any atom is 0.254 e. The van der Waals surface area contributed by atoms with Gasteiger partial charge < -0.3 is 28.8 Å². The van der Waals surface area contributed by atoms with E-state index in [-0.39, 0.29) is 24.3 Å². The molecule has 0 radical (unpaired) electrons. The van der Waals surface area contributed by atoms with Gasteiger partial charge in [-0.1, -0.05) is 31.2 Å². The zero-order valence-electron chi connectivity index (χ0n) is 23.2. The summed E-state index contributed by atoms with van der Waals surface area (Å²) in [7, 11) is 1.64. The fourth-order valence-electron chi connectivity index (χ4n) is 6.25. The number of amides is 2. The molecule has 4 heterocycles. The highest BCUT2D eigenvalue weighted by Crippen LogP contribution is 2.49. The number of hydrogen-bond donors (Lipinski definition) is 1. The van der Waals surface area contributed by atoms with Crippen molar-refractivity contribution in [2.24, 2.45) is 0 Å². The van der Waals surface area contributed by atoms with Gasteiger partial charge in [-0.2, -0.15) is 0 Å². The lowest BCUT2D eigenvalue weighted by molar-refractivity contribution is -0.166. The van der Waals surface area contributed by atoms with Crippen LogP contribution >= 0.6 is 0 Å². The molecule has 2 aliphatic rings. The lowest BCUT2D eigenvalue weighted by Gasteiger charge is -2.51.